The van der Waals surface area contributed by atoms with E-state index in [2.05, 4.69) is 5.32 Å². The van der Waals surface area contributed by atoms with Crippen LogP contribution in [-0.2, 0) is 14.8 Å². The number of carbonyl (C=O) groups is 1. The molecule has 0 aliphatic rings. The summed E-state index contributed by atoms with van der Waals surface area (Å²) in [5.74, 6) is -0.453. The summed E-state index contributed by atoms with van der Waals surface area (Å²) in [6.07, 6.45) is 1.05. The molecule has 0 spiro atoms. The molecule has 0 unspecified atom stereocenters. The summed E-state index contributed by atoms with van der Waals surface area (Å²) in [6.45, 7) is 3.33. The van der Waals surface area contributed by atoms with Gasteiger partial charge in [0.25, 0.3) is 0 Å². The average Bonchev–Trinajstić information content (AvgIpc) is 2.50. The number of amides is 1. The fraction of sp³-hybridized carbons (Fsp3) is 0.235. The normalized spacial score (nSPS) is 12.5. The maximum atomic E-state index is 12.6. The van der Waals surface area contributed by atoms with E-state index in [0.29, 0.717) is 21.4 Å². The second kappa shape index (κ2) is 7.64. The van der Waals surface area contributed by atoms with Crippen molar-refractivity contribution in [2.45, 2.75) is 19.9 Å². The molecule has 2 aromatic rings. The molecule has 0 aliphatic carbocycles. The van der Waals surface area contributed by atoms with Gasteiger partial charge in [0.2, 0.25) is 15.9 Å². The number of sulfonamides is 1. The molecule has 1 atom stereocenters. The predicted molar refractivity (Wildman–Crippen MR) is 103 cm³/mol. The van der Waals surface area contributed by atoms with Gasteiger partial charge in [0, 0.05) is 15.7 Å². The van der Waals surface area contributed by atoms with Crippen molar-refractivity contribution in [1.29, 1.82) is 0 Å². The van der Waals surface area contributed by atoms with Gasteiger partial charge in [-0.2, -0.15) is 0 Å². The van der Waals surface area contributed by atoms with Crippen LogP contribution in [0.1, 0.15) is 12.5 Å². The van der Waals surface area contributed by atoms with Crippen molar-refractivity contribution < 1.29 is 13.2 Å². The van der Waals surface area contributed by atoms with E-state index in [1.165, 1.54) is 6.92 Å². The lowest BCUT2D eigenvalue weighted by atomic mass is 10.2. The van der Waals surface area contributed by atoms with Gasteiger partial charge in [-0.25, -0.2) is 8.42 Å². The lowest BCUT2D eigenvalue weighted by Crippen LogP contribution is -2.45. The van der Waals surface area contributed by atoms with E-state index in [9.17, 15) is 13.2 Å². The van der Waals surface area contributed by atoms with Crippen LogP contribution in [0.25, 0.3) is 0 Å². The minimum absolute atomic E-state index is 0.363. The van der Waals surface area contributed by atoms with Crippen molar-refractivity contribution in [3.05, 3.63) is 58.1 Å². The van der Waals surface area contributed by atoms with E-state index in [0.717, 1.165) is 16.1 Å². The number of benzene rings is 2. The lowest BCUT2D eigenvalue weighted by molar-refractivity contribution is -0.116. The number of hydrogen-bond donors (Lipinski definition) is 1. The van der Waals surface area contributed by atoms with Crippen LogP contribution in [0.3, 0.4) is 0 Å². The maximum absolute atomic E-state index is 12.6. The van der Waals surface area contributed by atoms with Crippen LogP contribution >= 0.6 is 23.2 Å². The van der Waals surface area contributed by atoms with E-state index in [1.54, 1.807) is 49.4 Å². The Balaban J connectivity index is 2.31. The highest BCUT2D eigenvalue weighted by molar-refractivity contribution is 7.92. The van der Waals surface area contributed by atoms with Crippen LogP contribution in [0.4, 0.5) is 11.4 Å². The van der Waals surface area contributed by atoms with E-state index >= 15 is 0 Å². The minimum atomic E-state index is -3.68. The van der Waals surface area contributed by atoms with Gasteiger partial charge in [0.1, 0.15) is 6.04 Å². The predicted octanol–water partition coefficient (Wildman–Crippen LogP) is 4.10. The van der Waals surface area contributed by atoms with E-state index in [-0.39, 0.29) is 0 Å². The summed E-state index contributed by atoms with van der Waals surface area (Å²) in [7, 11) is -3.68. The Morgan fingerprint density at radius 2 is 1.64 bits per heavy atom. The van der Waals surface area contributed by atoms with Gasteiger partial charge in [0.15, 0.2) is 0 Å². The number of rotatable bonds is 5. The Labute approximate surface area is 157 Å². The molecule has 25 heavy (non-hydrogen) atoms. The highest BCUT2D eigenvalue weighted by Crippen LogP contribution is 2.24. The zero-order valence-corrected chi connectivity index (χ0v) is 16.3. The number of carbonyl (C=O) groups excluding carboxylic acids is 1. The highest BCUT2D eigenvalue weighted by atomic mass is 35.5. The molecule has 2 aromatic carbocycles. The van der Waals surface area contributed by atoms with Crippen LogP contribution in [0.5, 0.6) is 0 Å². The molecule has 0 aromatic heterocycles. The van der Waals surface area contributed by atoms with Crippen LogP contribution in [0.15, 0.2) is 42.5 Å². The zero-order valence-electron chi connectivity index (χ0n) is 14.0. The quantitative estimate of drug-likeness (QED) is 0.821. The van der Waals surface area contributed by atoms with Crippen molar-refractivity contribution in [3.8, 4) is 0 Å². The van der Waals surface area contributed by atoms with Crippen molar-refractivity contribution in [2.24, 2.45) is 0 Å². The van der Waals surface area contributed by atoms with Crippen molar-refractivity contribution in [2.75, 3.05) is 15.9 Å². The summed E-state index contributed by atoms with van der Waals surface area (Å²) in [6, 6.07) is 10.4. The number of nitrogens with one attached hydrogen (secondary N) is 1. The first kappa shape index (κ1) is 19.6. The fourth-order valence-electron chi connectivity index (χ4n) is 2.40. The summed E-state index contributed by atoms with van der Waals surface area (Å²) in [5.41, 5.74) is 1.72. The molecule has 2 rings (SSSR count). The Bertz CT molecular complexity index is 883. The van der Waals surface area contributed by atoms with Gasteiger partial charge < -0.3 is 5.32 Å². The van der Waals surface area contributed by atoms with E-state index < -0.39 is 22.0 Å². The summed E-state index contributed by atoms with van der Waals surface area (Å²) in [4.78, 5) is 12.6. The standard InChI is InChI=1S/C17H18Cl2N2O3S/c1-11-10-14(19)6-9-16(11)20-17(22)12(2)21(25(3,23)24)15-7-4-13(18)5-8-15/h4-10,12H,1-3H3,(H,20,22)/t12-/m0/s1. The molecule has 1 amide bonds. The SMILES string of the molecule is Cc1cc(Cl)ccc1NC(=O)[C@H](C)N(c1ccc(Cl)cc1)S(C)(=O)=O. The molecule has 1 N–H and O–H groups in total. The number of aryl methyl sites for hydroxylation is 1. The van der Waals surface area contributed by atoms with Gasteiger partial charge in [0.05, 0.1) is 11.9 Å². The van der Waals surface area contributed by atoms with Crippen molar-refractivity contribution in [3.63, 3.8) is 0 Å². The average molecular weight is 401 g/mol. The Hall–Kier alpha value is -1.76. The number of halogens is 2. The molecule has 0 aliphatic heterocycles. The van der Waals surface area contributed by atoms with Crippen molar-refractivity contribution >= 4 is 50.5 Å². The molecule has 0 saturated heterocycles. The first-order chi connectivity index (χ1) is 11.6. The Morgan fingerprint density at radius 3 is 2.16 bits per heavy atom. The van der Waals surface area contributed by atoms with Crippen LogP contribution in [0.2, 0.25) is 10.0 Å². The van der Waals surface area contributed by atoms with E-state index in [4.69, 9.17) is 23.2 Å². The monoisotopic (exact) mass is 400 g/mol. The van der Waals surface area contributed by atoms with Crippen LogP contribution in [0, 0.1) is 6.92 Å². The van der Waals surface area contributed by atoms with Gasteiger partial charge in [-0.05, 0) is 61.9 Å². The molecule has 0 radical (unpaired) electrons. The molecule has 0 heterocycles. The maximum Gasteiger partial charge on any atom is 0.248 e. The van der Waals surface area contributed by atoms with Crippen molar-refractivity contribution in [1.82, 2.24) is 0 Å². The van der Waals surface area contributed by atoms with Gasteiger partial charge in [-0.15, -0.1) is 0 Å². The second-order valence-electron chi connectivity index (χ2n) is 5.66. The summed E-state index contributed by atoms with van der Waals surface area (Å²) in [5, 5.41) is 3.78. The molecular formula is C17H18Cl2N2O3S. The number of anilines is 2. The van der Waals surface area contributed by atoms with Crippen LogP contribution in [-0.4, -0.2) is 26.6 Å². The third-order valence-corrected chi connectivity index (χ3v) is 5.34. The molecular weight excluding hydrogens is 383 g/mol. The van der Waals surface area contributed by atoms with Crippen LogP contribution < -0.4 is 9.62 Å². The molecule has 0 bridgehead atoms. The number of nitrogens with zero attached hydrogens (tertiary/aromatic N) is 1. The Kier molecular flexibility index (Phi) is 5.98. The largest absolute Gasteiger partial charge is 0.324 e. The third-order valence-electron chi connectivity index (χ3n) is 3.62. The minimum Gasteiger partial charge on any atom is -0.324 e. The lowest BCUT2D eigenvalue weighted by Gasteiger charge is -2.28. The van der Waals surface area contributed by atoms with Gasteiger partial charge >= 0.3 is 0 Å². The van der Waals surface area contributed by atoms with Gasteiger partial charge in [-0.3, -0.25) is 9.10 Å². The Morgan fingerprint density at radius 1 is 1.08 bits per heavy atom. The summed E-state index contributed by atoms with van der Waals surface area (Å²) < 4.78 is 25.5. The third kappa shape index (κ3) is 4.87. The topological polar surface area (TPSA) is 66.5 Å². The van der Waals surface area contributed by atoms with Gasteiger partial charge in [-0.1, -0.05) is 23.2 Å². The summed E-state index contributed by atoms with van der Waals surface area (Å²) >= 11 is 11.8. The first-order valence-corrected chi connectivity index (χ1v) is 10.0. The molecule has 5 nitrogen and oxygen atoms in total. The highest BCUT2D eigenvalue weighted by Gasteiger charge is 2.29. The fourth-order valence-corrected chi connectivity index (χ4v) is 3.93. The second-order valence-corrected chi connectivity index (χ2v) is 8.39. The molecule has 0 fully saturated rings. The van der Waals surface area contributed by atoms with E-state index in [1.807, 2.05) is 0 Å². The molecule has 8 heteroatoms. The first-order valence-electron chi connectivity index (χ1n) is 7.41. The molecule has 134 valence electrons. The number of hydrogen-bond acceptors (Lipinski definition) is 3. The molecule has 0 saturated carbocycles. The smallest absolute Gasteiger partial charge is 0.248 e. The zero-order chi connectivity index (χ0) is 18.8.